The van der Waals surface area contributed by atoms with E-state index in [4.69, 9.17) is 4.98 Å². The van der Waals surface area contributed by atoms with E-state index in [2.05, 4.69) is 10.3 Å². The zero-order valence-corrected chi connectivity index (χ0v) is 17.4. The third-order valence-electron chi connectivity index (χ3n) is 5.35. The standard InChI is InChI=1S/C24H23N3O4/c1-24(2,31)12-20(30)17(13-25-9-10-28)16-11-19(29)23-21-15(7-8-26-23)14-5-3-4-6-18(14)27-22(16)21/h3-8,10-11,17,25,31H,9,12-13H2,1-2H3. The van der Waals surface area contributed by atoms with Gasteiger partial charge in [0.15, 0.2) is 0 Å². The predicted octanol–water partition coefficient (Wildman–Crippen LogP) is 2.50. The molecule has 158 valence electrons. The van der Waals surface area contributed by atoms with Crippen LogP contribution in [0.15, 0.2) is 42.6 Å². The smallest absolute Gasteiger partial charge is 0.205 e. The molecule has 3 aromatic rings. The third-order valence-corrected chi connectivity index (χ3v) is 5.35. The van der Waals surface area contributed by atoms with Crippen molar-refractivity contribution in [3.8, 4) is 0 Å². The van der Waals surface area contributed by atoms with Crippen molar-refractivity contribution >= 4 is 45.1 Å². The zero-order chi connectivity index (χ0) is 22.2. The zero-order valence-electron chi connectivity index (χ0n) is 17.4. The SMILES string of the molecule is CC(C)(O)CC(=O)C(CNCC=O)C1=CC(=O)c2nccc3c2c1nc1ccccc13. The van der Waals surface area contributed by atoms with Crippen molar-refractivity contribution in [1.29, 1.82) is 0 Å². The highest BCUT2D eigenvalue weighted by atomic mass is 16.3. The maximum absolute atomic E-state index is 13.2. The number of carbonyl (C=O) groups excluding carboxylic acids is 3. The van der Waals surface area contributed by atoms with Gasteiger partial charge in [-0.25, -0.2) is 4.98 Å². The highest BCUT2D eigenvalue weighted by Crippen LogP contribution is 2.38. The lowest BCUT2D eigenvalue weighted by molar-refractivity contribution is -0.125. The van der Waals surface area contributed by atoms with Gasteiger partial charge in [-0.3, -0.25) is 14.6 Å². The molecule has 1 aliphatic rings. The molecule has 0 fully saturated rings. The molecule has 7 heteroatoms. The van der Waals surface area contributed by atoms with Crippen LogP contribution in [-0.2, 0) is 9.59 Å². The van der Waals surface area contributed by atoms with Crippen LogP contribution in [0.1, 0.15) is 36.5 Å². The van der Waals surface area contributed by atoms with E-state index in [1.165, 1.54) is 6.08 Å². The van der Waals surface area contributed by atoms with Gasteiger partial charge in [-0.2, -0.15) is 0 Å². The van der Waals surface area contributed by atoms with Gasteiger partial charge in [-0.1, -0.05) is 18.2 Å². The van der Waals surface area contributed by atoms with Crippen LogP contribution < -0.4 is 5.32 Å². The van der Waals surface area contributed by atoms with Crippen molar-refractivity contribution in [1.82, 2.24) is 15.3 Å². The first-order valence-corrected chi connectivity index (χ1v) is 10.1. The Morgan fingerprint density at radius 2 is 1.97 bits per heavy atom. The highest BCUT2D eigenvalue weighted by Gasteiger charge is 2.33. The monoisotopic (exact) mass is 417 g/mol. The molecule has 2 aromatic heterocycles. The summed E-state index contributed by atoms with van der Waals surface area (Å²) in [5.74, 6) is -1.28. The molecule has 0 bridgehead atoms. The maximum atomic E-state index is 13.2. The largest absolute Gasteiger partial charge is 0.390 e. The van der Waals surface area contributed by atoms with Crippen molar-refractivity contribution in [2.75, 3.05) is 13.1 Å². The lowest BCUT2D eigenvalue weighted by Crippen LogP contribution is -2.35. The fourth-order valence-corrected chi connectivity index (χ4v) is 4.07. The molecule has 1 unspecified atom stereocenters. The Hall–Kier alpha value is -3.29. The first-order valence-electron chi connectivity index (χ1n) is 10.1. The number of aliphatic hydroxyl groups is 1. The molecular formula is C24H23N3O4. The summed E-state index contributed by atoms with van der Waals surface area (Å²) in [4.78, 5) is 46.0. The molecule has 0 saturated carbocycles. The number of rotatable bonds is 8. The van der Waals surface area contributed by atoms with Crippen LogP contribution in [0, 0.1) is 5.92 Å². The number of para-hydroxylation sites is 1. The highest BCUT2D eigenvalue weighted by molar-refractivity contribution is 6.25. The Balaban J connectivity index is 1.91. The number of benzene rings is 1. The van der Waals surface area contributed by atoms with Crippen LogP contribution in [-0.4, -0.2) is 51.6 Å². The number of allylic oxidation sites excluding steroid dienone is 1. The number of hydrogen-bond acceptors (Lipinski definition) is 7. The van der Waals surface area contributed by atoms with E-state index in [-0.39, 0.29) is 31.1 Å². The van der Waals surface area contributed by atoms with E-state index in [1.807, 2.05) is 30.3 Å². The predicted molar refractivity (Wildman–Crippen MR) is 118 cm³/mol. The van der Waals surface area contributed by atoms with Gasteiger partial charge in [0.1, 0.15) is 17.8 Å². The quantitative estimate of drug-likeness (QED) is 0.329. The van der Waals surface area contributed by atoms with Gasteiger partial charge >= 0.3 is 0 Å². The summed E-state index contributed by atoms with van der Waals surface area (Å²) in [5, 5.41) is 15.5. The number of pyridine rings is 2. The van der Waals surface area contributed by atoms with E-state index < -0.39 is 11.5 Å². The van der Waals surface area contributed by atoms with E-state index in [0.29, 0.717) is 28.6 Å². The molecule has 0 saturated heterocycles. The number of aromatic nitrogens is 2. The molecule has 0 radical (unpaired) electrons. The lowest BCUT2D eigenvalue weighted by atomic mass is 9.81. The van der Waals surface area contributed by atoms with Crippen molar-refractivity contribution < 1.29 is 19.5 Å². The minimum absolute atomic E-state index is 0.0756. The van der Waals surface area contributed by atoms with Crippen LogP contribution in [0.25, 0.3) is 27.2 Å². The summed E-state index contributed by atoms with van der Waals surface area (Å²) in [6.45, 7) is 3.35. The van der Waals surface area contributed by atoms with Crippen molar-refractivity contribution in [2.45, 2.75) is 25.9 Å². The number of fused-ring (bicyclic) bond motifs is 2. The molecule has 7 nitrogen and oxygen atoms in total. The van der Waals surface area contributed by atoms with Gasteiger partial charge in [0.05, 0.1) is 29.3 Å². The molecule has 2 N–H and O–H groups in total. The van der Waals surface area contributed by atoms with Crippen molar-refractivity contribution in [3.05, 3.63) is 54.0 Å². The topological polar surface area (TPSA) is 109 Å². The van der Waals surface area contributed by atoms with Gasteiger partial charge in [0.2, 0.25) is 5.78 Å². The normalized spacial score (nSPS) is 14.5. The summed E-state index contributed by atoms with van der Waals surface area (Å²) < 4.78 is 0. The number of aldehydes is 1. The molecule has 0 aliphatic heterocycles. The number of ketones is 2. The minimum atomic E-state index is -1.20. The lowest BCUT2D eigenvalue weighted by Gasteiger charge is -2.26. The van der Waals surface area contributed by atoms with Crippen molar-refractivity contribution in [3.63, 3.8) is 0 Å². The van der Waals surface area contributed by atoms with Gasteiger partial charge in [0.25, 0.3) is 0 Å². The Kier molecular flexibility index (Phi) is 5.47. The number of carbonyl (C=O) groups is 3. The van der Waals surface area contributed by atoms with Gasteiger partial charge in [-0.05, 0) is 43.0 Å². The number of Topliss-reactive ketones (excluding diaryl/α,β-unsaturated/α-hetero) is 1. The molecule has 1 atom stereocenters. The molecular weight excluding hydrogens is 394 g/mol. The molecule has 2 heterocycles. The van der Waals surface area contributed by atoms with Gasteiger partial charge in [0, 0.05) is 29.9 Å². The average molecular weight is 417 g/mol. The van der Waals surface area contributed by atoms with Crippen LogP contribution in [0.3, 0.4) is 0 Å². The summed E-state index contributed by atoms with van der Waals surface area (Å²) in [6.07, 6.45) is 3.64. The van der Waals surface area contributed by atoms with E-state index >= 15 is 0 Å². The Bertz CT molecular complexity index is 1240. The fraction of sp³-hybridized carbons (Fsp3) is 0.292. The minimum Gasteiger partial charge on any atom is -0.390 e. The molecule has 0 amide bonds. The Morgan fingerprint density at radius 1 is 1.19 bits per heavy atom. The second-order valence-corrected chi connectivity index (χ2v) is 8.36. The molecule has 4 rings (SSSR count). The second kappa shape index (κ2) is 8.09. The van der Waals surface area contributed by atoms with Crippen LogP contribution in [0.5, 0.6) is 0 Å². The van der Waals surface area contributed by atoms with Crippen LogP contribution in [0.2, 0.25) is 0 Å². The molecule has 1 aliphatic carbocycles. The maximum Gasteiger partial charge on any atom is 0.205 e. The summed E-state index contributed by atoms with van der Waals surface area (Å²) >= 11 is 0. The summed E-state index contributed by atoms with van der Waals surface area (Å²) in [6, 6.07) is 9.47. The van der Waals surface area contributed by atoms with E-state index in [0.717, 1.165) is 16.3 Å². The molecule has 0 spiro atoms. The fourth-order valence-electron chi connectivity index (χ4n) is 4.07. The average Bonchev–Trinajstić information content (AvgIpc) is 2.72. The summed E-state index contributed by atoms with van der Waals surface area (Å²) in [5.41, 5.74) is 0.874. The van der Waals surface area contributed by atoms with Crippen LogP contribution >= 0.6 is 0 Å². The second-order valence-electron chi connectivity index (χ2n) is 8.36. The number of nitrogens with zero attached hydrogens (tertiary/aromatic N) is 2. The van der Waals surface area contributed by atoms with Crippen LogP contribution in [0.4, 0.5) is 0 Å². The summed E-state index contributed by atoms with van der Waals surface area (Å²) in [7, 11) is 0. The first-order chi connectivity index (χ1) is 14.8. The van der Waals surface area contributed by atoms with Gasteiger partial charge in [-0.15, -0.1) is 0 Å². The van der Waals surface area contributed by atoms with E-state index in [1.54, 1.807) is 20.0 Å². The third kappa shape index (κ3) is 4.02. The van der Waals surface area contributed by atoms with Crippen molar-refractivity contribution in [2.24, 2.45) is 5.92 Å². The van der Waals surface area contributed by atoms with E-state index in [9.17, 15) is 19.5 Å². The molecule has 31 heavy (non-hydrogen) atoms. The first kappa shape index (κ1) is 21.0. The Morgan fingerprint density at radius 3 is 2.71 bits per heavy atom. The molecule has 1 aromatic carbocycles. The Labute approximate surface area is 179 Å². The number of nitrogens with one attached hydrogen (secondary N) is 1. The number of hydrogen-bond donors (Lipinski definition) is 2. The van der Waals surface area contributed by atoms with Gasteiger partial charge < -0.3 is 15.2 Å².